The summed E-state index contributed by atoms with van der Waals surface area (Å²) in [5.74, 6) is -0.795. The lowest BCUT2D eigenvalue weighted by Crippen LogP contribution is -2.57. The molecule has 5 heteroatoms. The lowest BCUT2D eigenvalue weighted by molar-refractivity contribution is -0.942. The molecule has 1 saturated heterocycles. The van der Waals surface area contributed by atoms with E-state index < -0.39 is 5.92 Å². The van der Waals surface area contributed by atoms with Crippen molar-refractivity contribution in [3.8, 4) is 0 Å². The van der Waals surface area contributed by atoms with Crippen LogP contribution in [0.3, 0.4) is 0 Å². The molecular weight excluding hydrogens is 340 g/mol. The van der Waals surface area contributed by atoms with Crippen molar-refractivity contribution in [2.75, 3.05) is 33.9 Å². The Morgan fingerprint density at radius 1 is 1.44 bits per heavy atom. The summed E-state index contributed by atoms with van der Waals surface area (Å²) in [6, 6.07) is 8.80. The molecule has 2 aliphatic heterocycles. The standard InChI is InChI=1S/C22H29N2O3/c1-4-14-12-24(2)10-9-16-15-7-5-6-8-19(15)23-21(16)20(24)11-17(14)18(13-25)22(26)27-3/h4-8,17-18,20,23,25H,9-13H2,1-3H3/q+1/b14-4+. The zero-order valence-electron chi connectivity index (χ0n) is 16.4. The number of methoxy groups -OCH3 is 1. The fourth-order valence-electron chi connectivity index (χ4n) is 5.34. The van der Waals surface area contributed by atoms with E-state index in [0.717, 1.165) is 30.4 Å². The van der Waals surface area contributed by atoms with Crippen LogP contribution in [0.15, 0.2) is 35.9 Å². The number of aromatic amines is 1. The Balaban J connectivity index is 1.78. The van der Waals surface area contributed by atoms with Gasteiger partial charge in [0, 0.05) is 29.7 Å². The van der Waals surface area contributed by atoms with Crippen molar-refractivity contribution >= 4 is 16.9 Å². The van der Waals surface area contributed by atoms with Crippen LogP contribution in [-0.2, 0) is 16.0 Å². The highest BCUT2D eigenvalue weighted by molar-refractivity contribution is 5.85. The third-order valence-corrected chi connectivity index (χ3v) is 6.86. The predicted octanol–water partition coefficient (Wildman–Crippen LogP) is 2.96. The second-order valence-electron chi connectivity index (χ2n) is 8.21. The molecule has 0 amide bonds. The Hall–Kier alpha value is -2.11. The van der Waals surface area contributed by atoms with Crippen LogP contribution in [0.4, 0.5) is 0 Å². The number of aromatic nitrogens is 1. The third kappa shape index (κ3) is 2.80. The van der Waals surface area contributed by atoms with Gasteiger partial charge in [-0.3, -0.25) is 4.79 Å². The van der Waals surface area contributed by atoms with Gasteiger partial charge in [-0.15, -0.1) is 0 Å². The predicted molar refractivity (Wildman–Crippen MR) is 105 cm³/mol. The number of likely N-dealkylation sites (N-methyl/N-ethyl adjacent to an activating group) is 1. The number of ether oxygens (including phenoxy) is 1. The second-order valence-corrected chi connectivity index (χ2v) is 8.21. The van der Waals surface area contributed by atoms with E-state index in [-0.39, 0.29) is 18.5 Å². The molecule has 5 nitrogen and oxygen atoms in total. The number of hydrogen-bond acceptors (Lipinski definition) is 3. The number of rotatable bonds is 3. The highest BCUT2D eigenvalue weighted by Crippen LogP contribution is 2.48. The van der Waals surface area contributed by atoms with E-state index in [1.54, 1.807) is 0 Å². The first kappa shape index (κ1) is 18.3. The van der Waals surface area contributed by atoms with Gasteiger partial charge in [0.15, 0.2) is 0 Å². The van der Waals surface area contributed by atoms with Gasteiger partial charge in [0.1, 0.15) is 12.6 Å². The number of H-pyrrole nitrogens is 1. The van der Waals surface area contributed by atoms with Crippen LogP contribution in [0.25, 0.3) is 10.9 Å². The van der Waals surface area contributed by atoms with Crippen LogP contribution in [0, 0.1) is 11.8 Å². The number of esters is 1. The van der Waals surface area contributed by atoms with Crippen molar-refractivity contribution in [2.45, 2.75) is 25.8 Å². The fraction of sp³-hybridized carbons (Fsp3) is 0.500. The maximum absolute atomic E-state index is 12.3. The number of piperidine rings is 1. The molecule has 144 valence electrons. The monoisotopic (exact) mass is 369 g/mol. The van der Waals surface area contributed by atoms with Crippen LogP contribution in [0.2, 0.25) is 0 Å². The van der Waals surface area contributed by atoms with Crippen molar-refractivity contribution < 1.29 is 19.1 Å². The largest absolute Gasteiger partial charge is 0.469 e. The van der Waals surface area contributed by atoms with Gasteiger partial charge in [0.05, 0.1) is 38.9 Å². The molecule has 0 bridgehead atoms. The van der Waals surface area contributed by atoms with Crippen LogP contribution in [0.1, 0.15) is 30.6 Å². The number of para-hydroxylation sites is 1. The fourth-order valence-corrected chi connectivity index (χ4v) is 5.34. The van der Waals surface area contributed by atoms with Crippen molar-refractivity contribution in [1.82, 2.24) is 4.98 Å². The number of allylic oxidation sites excluding steroid dienone is 1. The number of nitrogens with zero attached hydrogens (tertiary/aromatic N) is 1. The number of carbonyl (C=O) groups excluding carboxylic acids is 1. The van der Waals surface area contributed by atoms with Crippen LogP contribution < -0.4 is 0 Å². The number of fused-ring (bicyclic) bond motifs is 5. The molecule has 4 rings (SSSR count). The van der Waals surface area contributed by atoms with E-state index in [0.29, 0.717) is 6.04 Å². The Labute approximate surface area is 160 Å². The summed E-state index contributed by atoms with van der Waals surface area (Å²) in [6.07, 6.45) is 4.04. The van der Waals surface area contributed by atoms with Gasteiger partial charge in [-0.05, 0) is 24.1 Å². The summed E-state index contributed by atoms with van der Waals surface area (Å²) in [6.45, 7) is 3.86. The normalized spacial score (nSPS) is 30.0. The van der Waals surface area contributed by atoms with Gasteiger partial charge in [-0.1, -0.05) is 24.3 Å². The van der Waals surface area contributed by atoms with Gasteiger partial charge >= 0.3 is 5.97 Å². The lowest BCUT2D eigenvalue weighted by atomic mass is 9.74. The molecule has 0 radical (unpaired) electrons. The molecule has 4 atom stereocenters. The zero-order chi connectivity index (χ0) is 19.2. The smallest absolute Gasteiger partial charge is 0.311 e. The zero-order valence-corrected chi connectivity index (χ0v) is 16.4. The average Bonchev–Trinajstić information content (AvgIpc) is 3.06. The molecule has 1 fully saturated rings. The number of aliphatic hydroxyl groups is 1. The van der Waals surface area contributed by atoms with Crippen LogP contribution in [0.5, 0.6) is 0 Å². The first-order chi connectivity index (χ1) is 13.0. The number of quaternary nitrogens is 1. The first-order valence-corrected chi connectivity index (χ1v) is 9.80. The van der Waals surface area contributed by atoms with E-state index in [4.69, 9.17) is 4.74 Å². The van der Waals surface area contributed by atoms with Crippen molar-refractivity contribution in [2.24, 2.45) is 11.8 Å². The summed E-state index contributed by atoms with van der Waals surface area (Å²) in [7, 11) is 3.73. The van der Waals surface area contributed by atoms with Gasteiger partial charge in [-0.2, -0.15) is 0 Å². The summed E-state index contributed by atoms with van der Waals surface area (Å²) in [4.78, 5) is 16.0. The average molecular weight is 369 g/mol. The molecule has 4 unspecified atom stereocenters. The van der Waals surface area contributed by atoms with E-state index in [1.807, 2.05) is 6.92 Å². The van der Waals surface area contributed by atoms with E-state index in [1.165, 1.54) is 34.8 Å². The SMILES string of the molecule is C/C=C1\C[N+]2(C)CCc3c([nH]c4ccccc34)C2CC1C(CO)C(=O)OC. The van der Waals surface area contributed by atoms with E-state index in [2.05, 4.69) is 42.4 Å². The van der Waals surface area contributed by atoms with Crippen molar-refractivity contribution in [3.05, 3.63) is 47.2 Å². The summed E-state index contributed by atoms with van der Waals surface area (Å²) in [5, 5.41) is 11.2. The first-order valence-electron chi connectivity index (χ1n) is 9.80. The summed E-state index contributed by atoms with van der Waals surface area (Å²) in [5.41, 5.74) is 5.19. The number of hydrogen-bond donors (Lipinski definition) is 2. The Morgan fingerprint density at radius 2 is 2.22 bits per heavy atom. The molecule has 2 aromatic rings. The number of aliphatic hydroxyl groups excluding tert-OH is 1. The van der Waals surface area contributed by atoms with E-state index in [9.17, 15) is 9.90 Å². The van der Waals surface area contributed by atoms with Crippen molar-refractivity contribution in [1.29, 1.82) is 0 Å². The second kappa shape index (κ2) is 6.80. The van der Waals surface area contributed by atoms with Crippen LogP contribution >= 0.6 is 0 Å². The number of benzene rings is 1. The Bertz CT molecular complexity index is 900. The maximum Gasteiger partial charge on any atom is 0.311 e. The quantitative estimate of drug-likeness (QED) is 0.497. The lowest BCUT2D eigenvalue weighted by Gasteiger charge is -2.51. The van der Waals surface area contributed by atoms with Gasteiger partial charge < -0.3 is 19.3 Å². The minimum absolute atomic E-state index is 0.0148. The third-order valence-electron chi connectivity index (χ3n) is 6.86. The minimum Gasteiger partial charge on any atom is -0.469 e. The number of carbonyl (C=O) groups is 1. The van der Waals surface area contributed by atoms with Crippen LogP contribution in [-0.4, -0.2) is 54.4 Å². The molecule has 3 heterocycles. The molecule has 2 N–H and O–H groups in total. The van der Waals surface area contributed by atoms with Gasteiger partial charge in [0.2, 0.25) is 0 Å². The Kier molecular flexibility index (Phi) is 4.60. The highest BCUT2D eigenvalue weighted by Gasteiger charge is 2.49. The highest BCUT2D eigenvalue weighted by atomic mass is 16.5. The molecule has 0 saturated carbocycles. The summed E-state index contributed by atoms with van der Waals surface area (Å²) >= 11 is 0. The molecule has 1 aromatic carbocycles. The number of nitrogens with one attached hydrogen (secondary N) is 1. The molecular formula is C22H29N2O3+. The molecule has 27 heavy (non-hydrogen) atoms. The maximum atomic E-state index is 12.3. The van der Waals surface area contributed by atoms with Crippen molar-refractivity contribution in [3.63, 3.8) is 0 Å². The van der Waals surface area contributed by atoms with Gasteiger partial charge in [-0.25, -0.2) is 0 Å². The minimum atomic E-state index is -0.496. The Morgan fingerprint density at radius 3 is 2.93 bits per heavy atom. The molecule has 0 spiro atoms. The van der Waals surface area contributed by atoms with Gasteiger partial charge in [0.25, 0.3) is 0 Å². The molecule has 0 aliphatic carbocycles. The molecule has 1 aromatic heterocycles. The molecule has 2 aliphatic rings. The van der Waals surface area contributed by atoms with E-state index >= 15 is 0 Å². The summed E-state index contributed by atoms with van der Waals surface area (Å²) < 4.78 is 5.94. The topological polar surface area (TPSA) is 62.3 Å².